The van der Waals surface area contributed by atoms with Crippen molar-refractivity contribution in [2.24, 2.45) is 0 Å². The van der Waals surface area contributed by atoms with Crippen molar-refractivity contribution in [2.75, 3.05) is 25.2 Å². The minimum atomic E-state index is -5.09. The first-order chi connectivity index (χ1) is 18.7. The van der Waals surface area contributed by atoms with Crippen LogP contribution in [0.25, 0.3) is 0 Å². The van der Waals surface area contributed by atoms with Crippen LogP contribution in [-0.4, -0.2) is 42.0 Å². The maximum absolute atomic E-state index is 14.0. The molecule has 1 aliphatic heterocycles. The Bertz CT molecular complexity index is 1400. The number of rotatable bonds is 7. The highest BCUT2D eigenvalue weighted by atomic mass is 19.4. The molecule has 0 bridgehead atoms. The number of carbonyl (C=O) groups is 2. The summed E-state index contributed by atoms with van der Waals surface area (Å²) in [4.78, 5) is 26.2. The lowest BCUT2D eigenvalue weighted by Gasteiger charge is -2.22. The van der Waals surface area contributed by atoms with Crippen LogP contribution in [0.15, 0.2) is 48.5 Å². The molecule has 1 N–H and O–H groups in total. The maximum Gasteiger partial charge on any atom is 0.436 e. The van der Waals surface area contributed by atoms with Gasteiger partial charge in [0.25, 0.3) is 5.91 Å². The molecule has 0 fully saturated rings. The largest absolute Gasteiger partial charge is 0.465 e. The molecule has 0 radical (unpaired) electrons. The first-order valence-electron chi connectivity index (χ1n) is 11.9. The van der Waals surface area contributed by atoms with Crippen LogP contribution in [-0.2, 0) is 23.6 Å². The number of carbonyl (C=O) groups excluding carboxylic acids is 2. The molecule has 1 aromatic heterocycles. The third-order valence-electron chi connectivity index (χ3n) is 6.44. The first kappa shape index (κ1) is 28.9. The Morgan fingerprint density at radius 1 is 1.07 bits per heavy atom. The van der Waals surface area contributed by atoms with E-state index in [0.717, 1.165) is 22.9 Å². The predicted octanol–water partition coefficient (Wildman–Crippen LogP) is 5.73. The van der Waals surface area contributed by atoms with Gasteiger partial charge in [-0.3, -0.25) is 4.79 Å². The molecule has 14 heteroatoms. The molecule has 2 atom stereocenters. The average Bonchev–Trinajstić information content (AvgIpc) is 3.46. The Kier molecular flexibility index (Phi) is 7.81. The zero-order chi connectivity index (χ0) is 29.4. The summed E-state index contributed by atoms with van der Waals surface area (Å²) in [5, 5.41) is 5.99. The molecular formula is C26H23F7N4O3. The van der Waals surface area contributed by atoms with Crippen molar-refractivity contribution in [3.63, 3.8) is 0 Å². The van der Waals surface area contributed by atoms with E-state index in [4.69, 9.17) is 0 Å². The van der Waals surface area contributed by atoms with E-state index in [-0.39, 0.29) is 30.0 Å². The van der Waals surface area contributed by atoms with Crippen molar-refractivity contribution in [1.29, 1.82) is 0 Å². The summed E-state index contributed by atoms with van der Waals surface area (Å²) < 4.78 is 101. The first-order valence-corrected chi connectivity index (χ1v) is 11.9. The van der Waals surface area contributed by atoms with Crippen molar-refractivity contribution in [2.45, 2.75) is 37.9 Å². The normalized spacial score (nSPS) is 16.0. The lowest BCUT2D eigenvalue weighted by molar-refractivity contribution is -0.142. The highest BCUT2D eigenvalue weighted by Gasteiger charge is 2.46. The van der Waals surface area contributed by atoms with E-state index < -0.39 is 59.8 Å². The van der Waals surface area contributed by atoms with Gasteiger partial charge in [0.2, 0.25) is 0 Å². The molecule has 4 rings (SSSR count). The van der Waals surface area contributed by atoms with E-state index in [1.165, 1.54) is 49.3 Å². The summed E-state index contributed by atoms with van der Waals surface area (Å²) in [5.41, 5.74) is -2.59. The third-order valence-corrected chi connectivity index (χ3v) is 6.44. The van der Waals surface area contributed by atoms with Gasteiger partial charge in [-0.15, -0.1) is 0 Å². The van der Waals surface area contributed by atoms with Crippen molar-refractivity contribution in [3.8, 4) is 0 Å². The zero-order valence-corrected chi connectivity index (χ0v) is 21.1. The highest BCUT2D eigenvalue weighted by Crippen LogP contribution is 2.42. The molecule has 2 aromatic carbocycles. The summed E-state index contributed by atoms with van der Waals surface area (Å²) in [7, 11) is 1.20. The number of alkyl halides is 7. The van der Waals surface area contributed by atoms with Crippen LogP contribution >= 0.6 is 0 Å². The fraction of sp³-hybridized carbons (Fsp3) is 0.346. The molecular weight excluding hydrogens is 549 g/mol. The van der Waals surface area contributed by atoms with Gasteiger partial charge in [0.05, 0.1) is 24.3 Å². The van der Waals surface area contributed by atoms with E-state index in [0.29, 0.717) is 5.56 Å². The Morgan fingerprint density at radius 3 is 2.33 bits per heavy atom. The number of methoxy groups -OCH3 is 1. The highest BCUT2D eigenvalue weighted by molar-refractivity contribution is 6.01. The van der Waals surface area contributed by atoms with E-state index in [1.54, 1.807) is 0 Å². The molecule has 2 unspecified atom stereocenters. The van der Waals surface area contributed by atoms with E-state index in [2.05, 4.69) is 15.2 Å². The number of nitrogens with zero attached hydrogens (tertiary/aromatic N) is 3. The van der Waals surface area contributed by atoms with Gasteiger partial charge in [-0.05, 0) is 42.3 Å². The Labute approximate surface area is 223 Å². The SMILES string of the molecule is COC(=O)c1ccc(C(C)NC(=O)c2c(C(F)(F)F)nn3c2N(Cc2cccc(C(F)(F)F)c2)CC3CF)cc1. The van der Waals surface area contributed by atoms with Gasteiger partial charge >= 0.3 is 18.3 Å². The Morgan fingerprint density at radius 2 is 1.75 bits per heavy atom. The van der Waals surface area contributed by atoms with Crippen molar-refractivity contribution < 1.29 is 45.1 Å². The third kappa shape index (κ3) is 5.75. The van der Waals surface area contributed by atoms with Crippen LogP contribution in [0.4, 0.5) is 36.6 Å². The number of nitrogens with one attached hydrogen (secondary N) is 1. The van der Waals surface area contributed by atoms with E-state index >= 15 is 0 Å². The summed E-state index contributed by atoms with van der Waals surface area (Å²) in [5.74, 6) is -2.11. The summed E-state index contributed by atoms with van der Waals surface area (Å²) in [6.07, 6.45) is -9.73. The number of hydrogen-bond donors (Lipinski definition) is 1. The van der Waals surface area contributed by atoms with Crippen LogP contribution < -0.4 is 10.2 Å². The van der Waals surface area contributed by atoms with Crippen LogP contribution in [0.1, 0.15) is 62.1 Å². The average molecular weight is 572 g/mol. The molecule has 40 heavy (non-hydrogen) atoms. The van der Waals surface area contributed by atoms with E-state index in [1.807, 2.05) is 0 Å². The van der Waals surface area contributed by atoms with Crippen molar-refractivity contribution in [3.05, 3.63) is 82.0 Å². The standard InChI is InChI=1S/C26H23F7N4O3/c1-14(16-6-8-17(9-7-16)24(39)40-2)34-22(38)20-21(26(31,32)33)35-37-19(11-27)13-36(23(20)37)12-15-4-3-5-18(10-15)25(28,29)30/h3-10,14,19H,11-13H2,1-2H3,(H,34,38). The lowest BCUT2D eigenvalue weighted by atomic mass is 10.1. The van der Waals surface area contributed by atoms with Gasteiger partial charge in [0, 0.05) is 13.1 Å². The predicted molar refractivity (Wildman–Crippen MR) is 128 cm³/mol. The van der Waals surface area contributed by atoms with Crippen LogP contribution in [0.2, 0.25) is 0 Å². The minimum absolute atomic E-state index is 0.0982. The summed E-state index contributed by atoms with van der Waals surface area (Å²) in [6.45, 7) is -0.145. The van der Waals surface area contributed by atoms with Gasteiger partial charge in [0.15, 0.2) is 5.69 Å². The smallest absolute Gasteiger partial charge is 0.436 e. The number of halogens is 7. The zero-order valence-electron chi connectivity index (χ0n) is 21.1. The summed E-state index contributed by atoms with van der Waals surface area (Å²) in [6, 6.07) is 8.00. The quantitative estimate of drug-likeness (QED) is 0.289. The monoisotopic (exact) mass is 572 g/mol. The second-order valence-electron chi connectivity index (χ2n) is 9.19. The molecule has 1 aliphatic rings. The molecule has 214 valence electrons. The topological polar surface area (TPSA) is 76.5 Å². The Balaban J connectivity index is 1.69. The van der Waals surface area contributed by atoms with Gasteiger partial charge in [-0.2, -0.15) is 31.4 Å². The van der Waals surface area contributed by atoms with Gasteiger partial charge < -0.3 is 15.0 Å². The molecule has 2 heterocycles. The fourth-order valence-corrected chi connectivity index (χ4v) is 4.51. The fourth-order valence-electron chi connectivity index (χ4n) is 4.51. The Hall–Kier alpha value is -4.10. The molecule has 0 aliphatic carbocycles. The second kappa shape index (κ2) is 10.8. The number of benzene rings is 2. The van der Waals surface area contributed by atoms with Crippen LogP contribution in [0.3, 0.4) is 0 Å². The summed E-state index contributed by atoms with van der Waals surface area (Å²) >= 11 is 0. The molecule has 1 amide bonds. The van der Waals surface area contributed by atoms with Gasteiger partial charge in [0.1, 0.15) is 24.1 Å². The lowest BCUT2D eigenvalue weighted by Crippen LogP contribution is -2.31. The van der Waals surface area contributed by atoms with Crippen molar-refractivity contribution >= 4 is 17.7 Å². The molecule has 0 saturated heterocycles. The molecule has 3 aromatic rings. The molecule has 7 nitrogen and oxygen atoms in total. The number of fused-ring (bicyclic) bond motifs is 1. The molecule has 0 saturated carbocycles. The van der Waals surface area contributed by atoms with Crippen LogP contribution in [0.5, 0.6) is 0 Å². The molecule has 0 spiro atoms. The maximum atomic E-state index is 14.0. The second-order valence-corrected chi connectivity index (χ2v) is 9.19. The van der Waals surface area contributed by atoms with Gasteiger partial charge in [-0.1, -0.05) is 24.3 Å². The number of ether oxygens (including phenoxy) is 1. The van der Waals surface area contributed by atoms with Gasteiger partial charge in [-0.25, -0.2) is 13.9 Å². The number of anilines is 1. The van der Waals surface area contributed by atoms with E-state index in [9.17, 15) is 40.3 Å². The van der Waals surface area contributed by atoms with Crippen LogP contribution in [0, 0.1) is 0 Å². The number of hydrogen-bond acceptors (Lipinski definition) is 5. The number of amides is 1. The minimum Gasteiger partial charge on any atom is -0.465 e. The number of aromatic nitrogens is 2. The number of esters is 1. The van der Waals surface area contributed by atoms with Crippen molar-refractivity contribution in [1.82, 2.24) is 15.1 Å².